The summed E-state index contributed by atoms with van der Waals surface area (Å²) >= 11 is 0. The Morgan fingerprint density at radius 2 is 1.13 bits per heavy atom. The van der Waals surface area contributed by atoms with Gasteiger partial charge in [0.15, 0.2) is 40.4 Å². The van der Waals surface area contributed by atoms with Gasteiger partial charge in [-0.05, 0) is 74.9 Å². The van der Waals surface area contributed by atoms with Gasteiger partial charge in [0.25, 0.3) is 20.0 Å². The number of halogens is 4. The van der Waals surface area contributed by atoms with Crippen molar-refractivity contribution in [3.05, 3.63) is 138 Å². The molecule has 0 aliphatic heterocycles. The first kappa shape index (κ1) is 43.1. The van der Waals surface area contributed by atoms with Gasteiger partial charge in [0.1, 0.15) is 11.6 Å². The fourth-order valence-corrected chi connectivity index (χ4v) is 10.3. The summed E-state index contributed by atoms with van der Waals surface area (Å²) in [5.41, 5.74) is 8.07. The summed E-state index contributed by atoms with van der Waals surface area (Å²) in [6.07, 6.45) is 11.2. The van der Waals surface area contributed by atoms with Gasteiger partial charge in [0.2, 0.25) is 0 Å². The summed E-state index contributed by atoms with van der Waals surface area (Å²) in [6.45, 7) is 5.90. The van der Waals surface area contributed by atoms with Crippen molar-refractivity contribution in [3.8, 4) is 22.8 Å². The van der Waals surface area contributed by atoms with Crippen molar-refractivity contribution in [2.75, 3.05) is 5.73 Å². The van der Waals surface area contributed by atoms with Crippen LogP contribution in [0.25, 0.3) is 44.8 Å². The van der Waals surface area contributed by atoms with Gasteiger partial charge in [0, 0.05) is 34.3 Å². The van der Waals surface area contributed by atoms with Crippen LogP contribution < -0.4 is 5.73 Å². The van der Waals surface area contributed by atoms with Crippen LogP contribution in [-0.2, 0) is 26.5 Å². The molecule has 1 aliphatic rings. The highest BCUT2D eigenvalue weighted by molar-refractivity contribution is 7.90. The van der Waals surface area contributed by atoms with E-state index < -0.39 is 49.1 Å². The summed E-state index contributed by atoms with van der Waals surface area (Å²) in [6, 6.07) is 15.0. The molecule has 1 saturated carbocycles. The van der Waals surface area contributed by atoms with E-state index in [0.717, 1.165) is 69.2 Å². The zero-order chi connectivity index (χ0) is 44.8. The van der Waals surface area contributed by atoms with Gasteiger partial charge in [-0.25, -0.2) is 72.2 Å². The number of fused-ring (bicyclic) bond motifs is 2. The van der Waals surface area contributed by atoms with Gasteiger partial charge in [-0.15, -0.1) is 0 Å². The lowest BCUT2D eigenvalue weighted by atomic mass is 9.80. The summed E-state index contributed by atoms with van der Waals surface area (Å²) in [4.78, 5) is 24.4. The number of nitrogen functional groups attached to an aromatic ring is 1. The molecular formula is C44H39F4N9O4S2. The minimum atomic E-state index is -4.03. The van der Waals surface area contributed by atoms with E-state index in [0.29, 0.717) is 24.0 Å². The van der Waals surface area contributed by atoms with Gasteiger partial charge >= 0.3 is 0 Å². The molecule has 0 radical (unpaired) electrons. The van der Waals surface area contributed by atoms with Gasteiger partial charge in [-0.3, -0.25) is 0 Å². The lowest BCUT2D eigenvalue weighted by Gasteiger charge is -2.26. The van der Waals surface area contributed by atoms with Gasteiger partial charge in [-0.2, -0.15) is 0 Å². The molecule has 0 amide bonds. The average Bonchev–Trinajstić information content (AvgIpc) is 3.83. The number of hydrogen-bond donors (Lipinski definition) is 1. The van der Waals surface area contributed by atoms with Gasteiger partial charge < -0.3 is 5.73 Å². The molecule has 2 atom stereocenters. The standard InChI is InChI=1S/C26H26F2N4O2S.C18H13F2N5O2S/c1-16-6-8-20(9-7-16)35(33,34)32-15-22(21-12-19(27)13-30-26(21)32)25-29-14-23(28)24(31-25)11-18-5-3-4-17(2)10-18;1-10-2-4-12(5-3-10)28(26,27)25-9-14(13-6-11(19)7-23-18(13)25)17-22-8-15(20)16(21)24-17/h6-9,12-15,17-18H,3-5,10-11H2,1-2H3;2-9H,1H3,(H2,21,22,24)/t17-,18+;/m1./s1. The van der Waals surface area contributed by atoms with E-state index >= 15 is 0 Å². The molecule has 1 aliphatic carbocycles. The van der Waals surface area contributed by atoms with Gasteiger partial charge in [-0.1, -0.05) is 61.6 Å². The number of hydrogen-bond acceptors (Lipinski definition) is 11. The Kier molecular flexibility index (Phi) is 11.6. The first-order valence-corrected chi connectivity index (χ1v) is 22.7. The summed E-state index contributed by atoms with van der Waals surface area (Å²) in [5, 5.41) is 0.395. The Bertz CT molecular complexity index is 3250. The van der Waals surface area contributed by atoms with Crippen LogP contribution >= 0.6 is 0 Å². The highest BCUT2D eigenvalue weighted by atomic mass is 32.2. The second kappa shape index (κ2) is 16.9. The SMILES string of the molecule is Cc1ccc(S(=O)(=O)n2cc(-c3ncc(F)c(C[C@H]4CCC[C@@H](C)C4)n3)c3cc(F)cnc32)cc1.Cc1ccc(S(=O)(=O)n2cc(-c3ncc(F)c(N)n3)c3cc(F)cnc32)cc1. The number of aromatic nitrogens is 8. The van der Waals surface area contributed by atoms with Crippen molar-refractivity contribution in [2.45, 2.75) is 62.7 Å². The average molecular weight is 898 g/mol. The molecule has 9 rings (SSSR count). The molecule has 0 saturated heterocycles. The van der Waals surface area contributed by atoms with Crippen LogP contribution in [-0.4, -0.2) is 54.7 Å². The largest absolute Gasteiger partial charge is 0.381 e. The third kappa shape index (κ3) is 8.62. The molecule has 2 aromatic carbocycles. The van der Waals surface area contributed by atoms with Crippen LogP contribution in [0.4, 0.5) is 23.4 Å². The highest BCUT2D eigenvalue weighted by Crippen LogP contribution is 2.35. The minimum Gasteiger partial charge on any atom is -0.381 e. The third-order valence-electron chi connectivity index (χ3n) is 10.9. The van der Waals surface area contributed by atoms with Crippen molar-refractivity contribution in [1.82, 2.24) is 37.8 Å². The van der Waals surface area contributed by atoms with Crippen molar-refractivity contribution in [3.63, 3.8) is 0 Å². The molecule has 19 heteroatoms. The maximum absolute atomic E-state index is 14.7. The van der Waals surface area contributed by atoms with Crippen molar-refractivity contribution >= 4 is 47.9 Å². The second-order valence-corrected chi connectivity index (χ2v) is 19.2. The molecule has 13 nitrogen and oxygen atoms in total. The van der Waals surface area contributed by atoms with E-state index in [1.165, 1.54) is 49.1 Å². The lowest BCUT2D eigenvalue weighted by Crippen LogP contribution is -2.17. The van der Waals surface area contributed by atoms with Crippen LogP contribution in [0.5, 0.6) is 0 Å². The smallest absolute Gasteiger partial charge is 0.269 e. The van der Waals surface area contributed by atoms with E-state index in [1.807, 2.05) is 13.8 Å². The van der Waals surface area contributed by atoms with Gasteiger partial charge in [0.05, 0.1) is 40.3 Å². The third-order valence-corrected chi connectivity index (χ3v) is 14.2. The Labute approximate surface area is 359 Å². The Morgan fingerprint density at radius 1 is 0.651 bits per heavy atom. The van der Waals surface area contributed by atoms with Crippen LogP contribution in [0, 0.1) is 49.0 Å². The summed E-state index contributed by atoms with van der Waals surface area (Å²) in [5.74, 6) is -1.99. The Morgan fingerprint density at radius 3 is 1.60 bits per heavy atom. The fraction of sp³-hybridized carbons (Fsp3) is 0.227. The normalized spacial score (nSPS) is 15.7. The summed E-state index contributed by atoms with van der Waals surface area (Å²) in [7, 11) is -8.06. The number of anilines is 1. The van der Waals surface area contributed by atoms with E-state index in [9.17, 15) is 34.4 Å². The topological polar surface area (TPSA) is 182 Å². The molecule has 0 spiro atoms. The Balaban J connectivity index is 0.000000177. The minimum absolute atomic E-state index is 0.0107. The van der Waals surface area contributed by atoms with E-state index in [2.05, 4.69) is 36.8 Å². The van der Waals surface area contributed by atoms with Crippen molar-refractivity contribution in [1.29, 1.82) is 0 Å². The first-order chi connectivity index (χ1) is 30.0. The molecule has 63 heavy (non-hydrogen) atoms. The molecule has 0 unspecified atom stereocenters. The monoisotopic (exact) mass is 897 g/mol. The summed E-state index contributed by atoms with van der Waals surface area (Å²) < 4.78 is 111. The zero-order valence-corrected chi connectivity index (χ0v) is 35.7. The number of benzene rings is 2. The van der Waals surface area contributed by atoms with Crippen LogP contribution in [0.1, 0.15) is 49.4 Å². The van der Waals surface area contributed by atoms with E-state index in [1.54, 1.807) is 24.3 Å². The zero-order valence-electron chi connectivity index (χ0n) is 34.0. The van der Waals surface area contributed by atoms with E-state index in [-0.39, 0.29) is 54.6 Å². The van der Waals surface area contributed by atoms with Crippen LogP contribution in [0.15, 0.2) is 108 Å². The number of rotatable bonds is 8. The van der Waals surface area contributed by atoms with Crippen LogP contribution in [0.3, 0.4) is 0 Å². The number of pyridine rings is 2. The quantitative estimate of drug-likeness (QED) is 0.144. The predicted molar refractivity (Wildman–Crippen MR) is 228 cm³/mol. The van der Waals surface area contributed by atoms with Crippen molar-refractivity contribution < 1.29 is 34.4 Å². The molecule has 0 bridgehead atoms. The van der Waals surface area contributed by atoms with Crippen molar-refractivity contribution in [2.24, 2.45) is 11.8 Å². The number of aryl methyl sites for hydroxylation is 2. The fourth-order valence-electron chi connectivity index (χ4n) is 7.68. The molecule has 6 heterocycles. The molecule has 8 aromatic rings. The highest BCUT2D eigenvalue weighted by Gasteiger charge is 2.27. The number of nitrogens with zero attached hydrogens (tertiary/aromatic N) is 8. The Hall–Kier alpha value is -6.60. The van der Waals surface area contributed by atoms with E-state index in [4.69, 9.17) is 5.73 Å². The van der Waals surface area contributed by atoms with Crippen LogP contribution in [0.2, 0.25) is 0 Å². The first-order valence-electron chi connectivity index (χ1n) is 19.8. The lowest BCUT2D eigenvalue weighted by molar-refractivity contribution is 0.278. The molecule has 6 aromatic heterocycles. The molecular weight excluding hydrogens is 859 g/mol. The molecule has 1 fully saturated rings. The maximum atomic E-state index is 14.7. The second-order valence-electron chi connectivity index (χ2n) is 15.6. The molecule has 2 N–H and O–H groups in total. The maximum Gasteiger partial charge on any atom is 0.269 e. The molecule has 324 valence electrons. The number of nitrogens with two attached hydrogens (primary N) is 1. The predicted octanol–water partition coefficient (Wildman–Crippen LogP) is 8.58.